The third kappa shape index (κ3) is 4.94. The highest BCUT2D eigenvalue weighted by Gasteiger charge is 2.20. The smallest absolute Gasteiger partial charge is 0.226 e. The summed E-state index contributed by atoms with van der Waals surface area (Å²) in [6, 6.07) is 13.7. The summed E-state index contributed by atoms with van der Waals surface area (Å²) in [5.41, 5.74) is 5.02. The van der Waals surface area contributed by atoms with Crippen LogP contribution < -0.4 is 10.2 Å². The van der Waals surface area contributed by atoms with Crippen LogP contribution in [-0.2, 0) is 9.59 Å². The predicted molar refractivity (Wildman–Crippen MR) is 108 cm³/mol. The van der Waals surface area contributed by atoms with Crippen LogP contribution in [0.3, 0.4) is 0 Å². The molecule has 0 bridgehead atoms. The second-order valence-corrected chi connectivity index (χ2v) is 7.00. The van der Waals surface area contributed by atoms with Crippen LogP contribution in [-0.4, -0.2) is 18.4 Å². The number of nitrogens with zero attached hydrogens (tertiary/aromatic N) is 1. The highest BCUT2D eigenvalue weighted by atomic mass is 16.2. The Labute approximate surface area is 156 Å². The van der Waals surface area contributed by atoms with E-state index in [1.165, 1.54) is 0 Å². The van der Waals surface area contributed by atoms with E-state index in [1.54, 1.807) is 11.8 Å². The third-order valence-electron chi connectivity index (χ3n) is 4.44. The van der Waals surface area contributed by atoms with E-state index in [1.807, 2.05) is 50.2 Å². The largest absolute Gasteiger partial charge is 0.326 e. The number of nitrogens with one attached hydrogen (secondary N) is 1. The number of para-hydroxylation sites is 1. The van der Waals surface area contributed by atoms with Crippen molar-refractivity contribution in [3.8, 4) is 0 Å². The fraction of sp³-hybridized carbons (Fsp3) is 0.364. The monoisotopic (exact) mass is 352 g/mol. The maximum absolute atomic E-state index is 12.3. The molecule has 0 unspecified atom stereocenters. The van der Waals surface area contributed by atoms with Crippen LogP contribution in [0.15, 0.2) is 42.5 Å². The van der Waals surface area contributed by atoms with Crippen molar-refractivity contribution in [1.29, 1.82) is 0 Å². The molecule has 0 aliphatic carbocycles. The summed E-state index contributed by atoms with van der Waals surface area (Å²) in [6.45, 7) is 10.1. The van der Waals surface area contributed by atoms with Crippen molar-refractivity contribution in [3.05, 3.63) is 59.2 Å². The molecule has 2 rings (SSSR count). The lowest BCUT2D eigenvalue weighted by atomic mass is 9.97. The van der Waals surface area contributed by atoms with Gasteiger partial charge in [0.25, 0.3) is 0 Å². The van der Waals surface area contributed by atoms with Crippen molar-refractivity contribution >= 4 is 23.2 Å². The number of carbonyl (C=O) groups excluding carboxylic acids is 2. The van der Waals surface area contributed by atoms with Crippen LogP contribution in [0.1, 0.15) is 49.8 Å². The molecule has 2 aromatic rings. The van der Waals surface area contributed by atoms with Gasteiger partial charge in [0.1, 0.15) is 0 Å². The van der Waals surface area contributed by atoms with Gasteiger partial charge in [-0.05, 0) is 43.0 Å². The molecule has 0 saturated heterocycles. The Hall–Kier alpha value is -2.62. The van der Waals surface area contributed by atoms with Gasteiger partial charge in [0.2, 0.25) is 11.8 Å². The van der Waals surface area contributed by atoms with Crippen molar-refractivity contribution < 1.29 is 9.59 Å². The zero-order valence-corrected chi connectivity index (χ0v) is 16.3. The minimum absolute atomic E-state index is 0.0515. The van der Waals surface area contributed by atoms with E-state index in [4.69, 9.17) is 0 Å². The van der Waals surface area contributed by atoms with Gasteiger partial charge < -0.3 is 10.2 Å². The Kier molecular flexibility index (Phi) is 6.56. The topological polar surface area (TPSA) is 49.4 Å². The average Bonchev–Trinajstić information content (AvgIpc) is 2.57. The van der Waals surface area contributed by atoms with E-state index < -0.39 is 0 Å². The zero-order chi connectivity index (χ0) is 19.3. The quantitative estimate of drug-likeness (QED) is 0.811. The molecule has 0 heterocycles. The molecule has 0 radical (unpaired) electrons. The van der Waals surface area contributed by atoms with Crippen molar-refractivity contribution in [3.63, 3.8) is 0 Å². The molecule has 0 aromatic heterocycles. The fourth-order valence-electron chi connectivity index (χ4n) is 3.02. The molecule has 0 atom stereocenters. The minimum Gasteiger partial charge on any atom is -0.326 e. The van der Waals surface area contributed by atoms with Gasteiger partial charge in [-0.1, -0.05) is 49.7 Å². The molecule has 0 saturated carbocycles. The maximum Gasteiger partial charge on any atom is 0.226 e. The molecule has 0 spiro atoms. The van der Waals surface area contributed by atoms with Gasteiger partial charge in [0.05, 0.1) is 0 Å². The molecule has 2 aromatic carbocycles. The average molecular weight is 352 g/mol. The van der Waals surface area contributed by atoms with Gasteiger partial charge in [-0.3, -0.25) is 9.59 Å². The van der Waals surface area contributed by atoms with Crippen LogP contribution in [0, 0.1) is 13.8 Å². The molecule has 2 amide bonds. The van der Waals surface area contributed by atoms with Crippen molar-refractivity contribution in [2.45, 2.75) is 47.0 Å². The first-order valence-electron chi connectivity index (χ1n) is 9.03. The van der Waals surface area contributed by atoms with Gasteiger partial charge in [-0.15, -0.1) is 0 Å². The van der Waals surface area contributed by atoms with Gasteiger partial charge in [0.15, 0.2) is 0 Å². The summed E-state index contributed by atoms with van der Waals surface area (Å²) < 4.78 is 0. The highest BCUT2D eigenvalue weighted by molar-refractivity contribution is 5.96. The van der Waals surface area contributed by atoms with E-state index in [0.717, 1.165) is 28.1 Å². The van der Waals surface area contributed by atoms with E-state index in [-0.39, 0.29) is 18.2 Å². The van der Waals surface area contributed by atoms with Crippen LogP contribution in [0.4, 0.5) is 11.4 Å². The summed E-state index contributed by atoms with van der Waals surface area (Å²) >= 11 is 0. The Morgan fingerprint density at radius 1 is 1.04 bits per heavy atom. The van der Waals surface area contributed by atoms with Gasteiger partial charge in [-0.25, -0.2) is 0 Å². The van der Waals surface area contributed by atoms with Gasteiger partial charge in [0, 0.05) is 31.3 Å². The standard InChI is InChI=1S/C22H28N2O2/c1-15(2)20-8-6-7-17(4)22(20)24(18(5)25)14-13-21(26)23-19-11-9-16(3)10-12-19/h6-12,15H,13-14H2,1-5H3,(H,23,26). The van der Waals surface area contributed by atoms with E-state index in [2.05, 4.69) is 25.2 Å². The summed E-state index contributed by atoms with van der Waals surface area (Å²) in [5.74, 6) is 0.150. The molecular formula is C22H28N2O2. The van der Waals surface area contributed by atoms with E-state index >= 15 is 0 Å². The molecule has 1 N–H and O–H groups in total. The van der Waals surface area contributed by atoms with Crippen molar-refractivity contribution in [1.82, 2.24) is 0 Å². The molecule has 0 aliphatic rings. The molecule has 0 fully saturated rings. The Balaban J connectivity index is 2.13. The normalized spacial score (nSPS) is 10.7. The van der Waals surface area contributed by atoms with Crippen LogP contribution >= 0.6 is 0 Å². The predicted octanol–water partition coefficient (Wildman–Crippen LogP) is 4.81. The maximum atomic E-state index is 12.3. The number of amides is 2. The molecule has 138 valence electrons. The minimum atomic E-state index is -0.0974. The lowest BCUT2D eigenvalue weighted by Crippen LogP contribution is -2.33. The highest BCUT2D eigenvalue weighted by Crippen LogP contribution is 2.31. The number of hydrogen-bond donors (Lipinski definition) is 1. The first kappa shape index (κ1) is 19.7. The Morgan fingerprint density at radius 3 is 2.27 bits per heavy atom. The lowest BCUT2D eigenvalue weighted by Gasteiger charge is -2.27. The first-order chi connectivity index (χ1) is 12.3. The molecule has 0 aliphatic heterocycles. The number of rotatable bonds is 6. The lowest BCUT2D eigenvalue weighted by molar-refractivity contribution is -0.117. The number of anilines is 2. The zero-order valence-electron chi connectivity index (χ0n) is 16.3. The number of benzene rings is 2. The molecule has 4 heteroatoms. The van der Waals surface area contributed by atoms with E-state index in [0.29, 0.717) is 12.5 Å². The summed E-state index contributed by atoms with van der Waals surface area (Å²) in [5, 5.41) is 2.89. The van der Waals surface area contributed by atoms with Crippen LogP contribution in [0.25, 0.3) is 0 Å². The van der Waals surface area contributed by atoms with Crippen molar-refractivity contribution in [2.24, 2.45) is 0 Å². The third-order valence-corrected chi connectivity index (χ3v) is 4.44. The number of hydrogen-bond acceptors (Lipinski definition) is 2. The number of carbonyl (C=O) groups is 2. The Morgan fingerprint density at radius 2 is 1.69 bits per heavy atom. The Bertz CT molecular complexity index is 779. The molecule has 26 heavy (non-hydrogen) atoms. The van der Waals surface area contributed by atoms with Gasteiger partial charge >= 0.3 is 0 Å². The van der Waals surface area contributed by atoms with Crippen LogP contribution in [0.5, 0.6) is 0 Å². The van der Waals surface area contributed by atoms with Gasteiger partial charge in [-0.2, -0.15) is 0 Å². The summed E-state index contributed by atoms with van der Waals surface area (Å²) in [6.07, 6.45) is 0.249. The summed E-state index contributed by atoms with van der Waals surface area (Å²) in [7, 11) is 0. The van der Waals surface area contributed by atoms with Crippen LogP contribution in [0.2, 0.25) is 0 Å². The second-order valence-electron chi connectivity index (χ2n) is 7.00. The SMILES string of the molecule is CC(=O)N(CCC(=O)Nc1ccc(C)cc1)c1c(C)cccc1C(C)C. The summed E-state index contributed by atoms with van der Waals surface area (Å²) in [4.78, 5) is 26.3. The second kappa shape index (κ2) is 8.65. The van der Waals surface area contributed by atoms with Crippen molar-refractivity contribution in [2.75, 3.05) is 16.8 Å². The number of aryl methyl sites for hydroxylation is 2. The fourth-order valence-corrected chi connectivity index (χ4v) is 3.02. The van der Waals surface area contributed by atoms with E-state index in [9.17, 15) is 9.59 Å². The first-order valence-corrected chi connectivity index (χ1v) is 9.03. The molecular weight excluding hydrogens is 324 g/mol. The molecule has 4 nitrogen and oxygen atoms in total.